The van der Waals surface area contributed by atoms with Crippen molar-refractivity contribution in [3.63, 3.8) is 0 Å². The van der Waals surface area contributed by atoms with Gasteiger partial charge in [-0.3, -0.25) is 9.59 Å². The normalized spacial score (nSPS) is 13.4. The number of carbonyl (C=O) groups is 3. The fraction of sp³-hybridized carbons (Fsp3) is 0.318. The number of para-hydroxylation sites is 1. The van der Waals surface area contributed by atoms with Crippen molar-refractivity contribution in [3.05, 3.63) is 48.5 Å². The highest BCUT2D eigenvalue weighted by atomic mass is 16.5. The number of nitrogens with zero attached hydrogens (tertiary/aromatic N) is 2. The van der Waals surface area contributed by atoms with E-state index in [1.54, 1.807) is 23.1 Å². The minimum atomic E-state index is -0.495. The topological polar surface area (TPSA) is 103 Å². The zero-order chi connectivity index (χ0) is 22.2. The molecule has 0 atom stereocenters. The van der Waals surface area contributed by atoms with E-state index in [2.05, 4.69) is 33.0 Å². The fourth-order valence-corrected chi connectivity index (χ4v) is 3.36. The SMILES string of the molecule is COc1cc(NC(=O)NCC(=O)N2CCN(c3ccccc3)CC2)ccc1NC(C)=O. The van der Waals surface area contributed by atoms with E-state index in [1.165, 1.54) is 14.0 Å². The summed E-state index contributed by atoms with van der Waals surface area (Å²) in [5, 5.41) is 7.90. The number of methoxy groups -OCH3 is 1. The molecule has 3 rings (SSSR count). The van der Waals surface area contributed by atoms with Crippen LogP contribution in [0.5, 0.6) is 5.75 Å². The Balaban J connectivity index is 1.45. The average molecular weight is 425 g/mol. The van der Waals surface area contributed by atoms with E-state index in [-0.39, 0.29) is 18.4 Å². The summed E-state index contributed by atoms with van der Waals surface area (Å²) in [7, 11) is 1.47. The van der Waals surface area contributed by atoms with Crippen LogP contribution in [0.1, 0.15) is 6.92 Å². The molecule has 1 fully saturated rings. The number of nitrogens with one attached hydrogen (secondary N) is 3. The summed E-state index contributed by atoms with van der Waals surface area (Å²) in [6.45, 7) is 4.04. The third-order valence-corrected chi connectivity index (χ3v) is 4.92. The first-order chi connectivity index (χ1) is 15.0. The molecule has 31 heavy (non-hydrogen) atoms. The number of rotatable bonds is 6. The molecule has 1 saturated heterocycles. The van der Waals surface area contributed by atoms with Crippen molar-refractivity contribution in [1.29, 1.82) is 0 Å². The molecule has 0 radical (unpaired) electrons. The number of anilines is 3. The maximum absolute atomic E-state index is 12.5. The smallest absolute Gasteiger partial charge is 0.319 e. The van der Waals surface area contributed by atoms with Crippen LogP contribution in [0.4, 0.5) is 21.9 Å². The Morgan fingerprint density at radius 1 is 0.968 bits per heavy atom. The highest BCUT2D eigenvalue weighted by molar-refractivity contribution is 5.94. The van der Waals surface area contributed by atoms with Gasteiger partial charge in [0.15, 0.2) is 0 Å². The lowest BCUT2D eigenvalue weighted by Gasteiger charge is -2.36. The lowest BCUT2D eigenvalue weighted by molar-refractivity contribution is -0.130. The third-order valence-electron chi connectivity index (χ3n) is 4.92. The fourth-order valence-electron chi connectivity index (χ4n) is 3.36. The van der Waals surface area contributed by atoms with Crippen molar-refractivity contribution in [2.24, 2.45) is 0 Å². The molecule has 0 unspecified atom stereocenters. The van der Waals surface area contributed by atoms with Gasteiger partial charge in [-0.05, 0) is 24.3 Å². The summed E-state index contributed by atoms with van der Waals surface area (Å²) < 4.78 is 5.24. The van der Waals surface area contributed by atoms with Crippen LogP contribution >= 0.6 is 0 Å². The number of hydrogen-bond acceptors (Lipinski definition) is 5. The first-order valence-electron chi connectivity index (χ1n) is 10.0. The van der Waals surface area contributed by atoms with Crippen LogP contribution in [0.2, 0.25) is 0 Å². The number of piperazine rings is 1. The Morgan fingerprint density at radius 3 is 2.32 bits per heavy atom. The molecule has 9 nitrogen and oxygen atoms in total. The zero-order valence-corrected chi connectivity index (χ0v) is 17.7. The van der Waals surface area contributed by atoms with E-state index in [9.17, 15) is 14.4 Å². The standard InChI is InChI=1S/C22H27N5O4/c1-16(28)24-19-9-8-17(14-20(19)31-2)25-22(30)23-15-21(29)27-12-10-26(11-13-27)18-6-4-3-5-7-18/h3-9,14H,10-13,15H2,1-2H3,(H,24,28)(H2,23,25,30). The Kier molecular flexibility index (Phi) is 7.31. The largest absolute Gasteiger partial charge is 0.494 e. The molecule has 3 N–H and O–H groups in total. The van der Waals surface area contributed by atoms with Gasteiger partial charge in [0.25, 0.3) is 0 Å². The van der Waals surface area contributed by atoms with Crippen molar-refractivity contribution >= 4 is 34.9 Å². The van der Waals surface area contributed by atoms with Gasteiger partial charge in [-0.1, -0.05) is 18.2 Å². The molecular formula is C22H27N5O4. The third kappa shape index (κ3) is 6.11. The van der Waals surface area contributed by atoms with Gasteiger partial charge < -0.3 is 30.5 Å². The number of ether oxygens (including phenoxy) is 1. The van der Waals surface area contributed by atoms with E-state index in [1.807, 2.05) is 18.2 Å². The van der Waals surface area contributed by atoms with E-state index in [0.717, 1.165) is 18.8 Å². The van der Waals surface area contributed by atoms with Crippen LogP contribution in [0.3, 0.4) is 0 Å². The molecule has 0 spiro atoms. The van der Waals surface area contributed by atoms with Crippen molar-refractivity contribution in [3.8, 4) is 5.75 Å². The molecule has 0 aliphatic carbocycles. The van der Waals surface area contributed by atoms with E-state index in [4.69, 9.17) is 4.74 Å². The molecule has 0 saturated carbocycles. The molecule has 4 amide bonds. The average Bonchev–Trinajstić information content (AvgIpc) is 2.79. The predicted octanol–water partition coefficient (Wildman–Crippen LogP) is 2.12. The monoisotopic (exact) mass is 425 g/mol. The van der Waals surface area contributed by atoms with Gasteiger partial charge in [0, 0.05) is 50.5 Å². The van der Waals surface area contributed by atoms with Crippen molar-refractivity contribution < 1.29 is 19.1 Å². The highest BCUT2D eigenvalue weighted by Crippen LogP contribution is 2.27. The molecule has 0 bridgehead atoms. The van der Waals surface area contributed by atoms with Gasteiger partial charge in [-0.2, -0.15) is 0 Å². The quantitative estimate of drug-likeness (QED) is 0.658. The van der Waals surface area contributed by atoms with E-state index >= 15 is 0 Å². The summed E-state index contributed by atoms with van der Waals surface area (Å²) >= 11 is 0. The maximum atomic E-state index is 12.5. The summed E-state index contributed by atoms with van der Waals surface area (Å²) in [6.07, 6.45) is 0. The lowest BCUT2D eigenvalue weighted by atomic mass is 10.2. The second kappa shape index (κ2) is 10.3. The predicted molar refractivity (Wildman–Crippen MR) is 120 cm³/mol. The molecule has 9 heteroatoms. The Morgan fingerprint density at radius 2 is 1.68 bits per heavy atom. The molecular weight excluding hydrogens is 398 g/mol. The second-order valence-electron chi connectivity index (χ2n) is 7.11. The molecule has 1 aliphatic rings. The number of amides is 4. The van der Waals surface area contributed by atoms with Crippen molar-refractivity contribution in [2.75, 3.05) is 55.4 Å². The number of hydrogen-bond donors (Lipinski definition) is 3. The van der Waals surface area contributed by atoms with E-state index in [0.29, 0.717) is 30.2 Å². The second-order valence-corrected chi connectivity index (χ2v) is 7.11. The van der Waals surface area contributed by atoms with Crippen LogP contribution in [-0.4, -0.2) is 62.6 Å². The number of urea groups is 1. The molecule has 0 aromatic heterocycles. The van der Waals surface area contributed by atoms with Gasteiger partial charge in [-0.25, -0.2) is 4.79 Å². The summed E-state index contributed by atoms with van der Waals surface area (Å²) in [6, 6.07) is 14.5. The maximum Gasteiger partial charge on any atom is 0.319 e. The van der Waals surface area contributed by atoms with E-state index < -0.39 is 6.03 Å². The molecule has 1 heterocycles. The molecule has 2 aromatic rings. The van der Waals surface area contributed by atoms with Crippen LogP contribution in [-0.2, 0) is 9.59 Å². The van der Waals surface area contributed by atoms with Crippen molar-refractivity contribution in [1.82, 2.24) is 10.2 Å². The molecule has 1 aliphatic heterocycles. The first-order valence-corrected chi connectivity index (χ1v) is 10.0. The van der Waals surface area contributed by atoms with Gasteiger partial charge in [0.1, 0.15) is 5.75 Å². The minimum Gasteiger partial charge on any atom is -0.494 e. The van der Waals surface area contributed by atoms with Gasteiger partial charge >= 0.3 is 6.03 Å². The van der Waals surface area contributed by atoms with Crippen LogP contribution in [0.15, 0.2) is 48.5 Å². The van der Waals surface area contributed by atoms with Crippen molar-refractivity contribution in [2.45, 2.75) is 6.92 Å². The van der Waals surface area contributed by atoms with Crippen LogP contribution in [0.25, 0.3) is 0 Å². The van der Waals surface area contributed by atoms with Gasteiger partial charge in [0.2, 0.25) is 11.8 Å². The first kappa shape index (κ1) is 21.9. The summed E-state index contributed by atoms with van der Waals surface area (Å²) in [5.74, 6) is 0.0710. The number of carbonyl (C=O) groups excluding carboxylic acids is 3. The number of benzene rings is 2. The Hall–Kier alpha value is -3.75. The van der Waals surface area contributed by atoms with Crippen LogP contribution < -0.4 is 25.6 Å². The molecule has 2 aromatic carbocycles. The Labute approximate surface area is 181 Å². The molecule has 164 valence electrons. The lowest BCUT2D eigenvalue weighted by Crippen LogP contribution is -2.51. The van der Waals surface area contributed by atoms with Crippen LogP contribution in [0, 0.1) is 0 Å². The Bertz CT molecular complexity index is 927. The summed E-state index contributed by atoms with van der Waals surface area (Å²) in [5.41, 5.74) is 2.13. The minimum absolute atomic E-state index is 0.0850. The zero-order valence-electron chi connectivity index (χ0n) is 17.7. The summed E-state index contributed by atoms with van der Waals surface area (Å²) in [4.78, 5) is 39.9. The van der Waals surface area contributed by atoms with Gasteiger partial charge in [0.05, 0.1) is 19.3 Å². The highest BCUT2D eigenvalue weighted by Gasteiger charge is 2.21. The van der Waals surface area contributed by atoms with Gasteiger partial charge in [-0.15, -0.1) is 0 Å².